The predicted molar refractivity (Wildman–Crippen MR) is 75.4 cm³/mol. The van der Waals surface area contributed by atoms with Gasteiger partial charge in [0, 0.05) is 12.1 Å². The molecule has 1 fully saturated rings. The van der Waals surface area contributed by atoms with Crippen molar-refractivity contribution in [3.63, 3.8) is 0 Å². The number of nitrogens with two attached hydrogens (primary N) is 1. The molecule has 0 aromatic carbocycles. The number of carbonyl (C=O) groups is 1. The van der Waals surface area contributed by atoms with Gasteiger partial charge >= 0.3 is 0 Å². The Bertz CT molecular complexity index is 245. The number of carbonyl (C=O) groups excluding carboxylic acids is 1. The lowest BCUT2D eigenvalue weighted by Gasteiger charge is -2.24. The topological polar surface area (TPSA) is 58.4 Å². The molecule has 0 aromatic heterocycles. The van der Waals surface area contributed by atoms with Crippen molar-refractivity contribution < 1.29 is 4.79 Å². The van der Waals surface area contributed by atoms with Gasteiger partial charge in [0.1, 0.15) is 0 Å². The molecule has 3 N–H and O–H groups in total. The summed E-state index contributed by atoms with van der Waals surface area (Å²) in [4.78, 5) is 14.2. The SMILES string of the molecule is CCCC(C)NC(=O)CN1CCCC1CCCN. The zero-order valence-electron chi connectivity index (χ0n) is 12.0. The van der Waals surface area contributed by atoms with Crippen LogP contribution in [0.5, 0.6) is 0 Å². The van der Waals surface area contributed by atoms with E-state index in [1.54, 1.807) is 0 Å². The minimum atomic E-state index is 0.176. The van der Waals surface area contributed by atoms with Gasteiger partial charge in [-0.15, -0.1) is 0 Å². The van der Waals surface area contributed by atoms with Crippen LogP contribution in [0.4, 0.5) is 0 Å². The molecule has 0 radical (unpaired) electrons. The van der Waals surface area contributed by atoms with Gasteiger partial charge in [-0.1, -0.05) is 13.3 Å². The zero-order chi connectivity index (χ0) is 13.4. The summed E-state index contributed by atoms with van der Waals surface area (Å²) >= 11 is 0. The second-order valence-corrected chi connectivity index (χ2v) is 5.45. The minimum Gasteiger partial charge on any atom is -0.353 e. The number of amides is 1. The van der Waals surface area contributed by atoms with E-state index in [2.05, 4.69) is 24.1 Å². The van der Waals surface area contributed by atoms with Crippen LogP contribution in [0.2, 0.25) is 0 Å². The molecule has 1 amide bonds. The molecule has 1 rings (SSSR count). The van der Waals surface area contributed by atoms with Gasteiger partial charge in [0.15, 0.2) is 0 Å². The summed E-state index contributed by atoms with van der Waals surface area (Å²) in [6.45, 7) is 6.60. The van der Waals surface area contributed by atoms with Gasteiger partial charge in [0.05, 0.1) is 6.54 Å². The van der Waals surface area contributed by atoms with Crippen LogP contribution < -0.4 is 11.1 Å². The molecule has 106 valence electrons. The molecule has 0 bridgehead atoms. The van der Waals surface area contributed by atoms with E-state index in [-0.39, 0.29) is 5.91 Å². The molecule has 1 aliphatic heterocycles. The fourth-order valence-corrected chi connectivity index (χ4v) is 2.79. The van der Waals surface area contributed by atoms with E-state index in [1.807, 2.05) is 0 Å². The van der Waals surface area contributed by atoms with Crippen molar-refractivity contribution >= 4 is 5.91 Å². The Morgan fingerprint density at radius 3 is 3.00 bits per heavy atom. The molecule has 0 spiro atoms. The van der Waals surface area contributed by atoms with Crippen LogP contribution in [-0.2, 0) is 4.79 Å². The molecular formula is C14H29N3O. The van der Waals surface area contributed by atoms with Crippen LogP contribution in [0, 0.1) is 0 Å². The Morgan fingerprint density at radius 2 is 2.33 bits per heavy atom. The number of hydrogen-bond acceptors (Lipinski definition) is 3. The van der Waals surface area contributed by atoms with Gasteiger partial charge in [-0.2, -0.15) is 0 Å². The highest BCUT2D eigenvalue weighted by Gasteiger charge is 2.25. The normalized spacial score (nSPS) is 22.1. The van der Waals surface area contributed by atoms with E-state index in [1.165, 1.54) is 12.8 Å². The van der Waals surface area contributed by atoms with Crippen LogP contribution in [0.15, 0.2) is 0 Å². The van der Waals surface area contributed by atoms with Gasteiger partial charge in [0.2, 0.25) is 5.91 Å². The predicted octanol–water partition coefficient (Wildman–Crippen LogP) is 1.49. The number of rotatable bonds is 8. The average Bonchev–Trinajstić information content (AvgIpc) is 2.73. The highest BCUT2D eigenvalue weighted by Crippen LogP contribution is 2.20. The Hall–Kier alpha value is -0.610. The summed E-state index contributed by atoms with van der Waals surface area (Å²) in [6, 6.07) is 0.869. The number of hydrogen-bond donors (Lipinski definition) is 2. The number of nitrogens with one attached hydrogen (secondary N) is 1. The third-order valence-corrected chi connectivity index (χ3v) is 3.72. The molecule has 2 unspecified atom stereocenters. The Labute approximate surface area is 111 Å². The van der Waals surface area contributed by atoms with Crippen molar-refractivity contribution in [1.82, 2.24) is 10.2 Å². The van der Waals surface area contributed by atoms with Crippen molar-refractivity contribution in [3.8, 4) is 0 Å². The first-order valence-electron chi connectivity index (χ1n) is 7.40. The van der Waals surface area contributed by atoms with Crippen LogP contribution in [-0.4, -0.2) is 42.5 Å². The molecule has 1 aliphatic rings. The summed E-state index contributed by atoms with van der Waals surface area (Å²) in [5.74, 6) is 0.176. The first kappa shape index (κ1) is 15.4. The van der Waals surface area contributed by atoms with Crippen molar-refractivity contribution in [2.24, 2.45) is 5.73 Å². The standard InChI is InChI=1S/C14H29N3O/c1-3-6-12(2)16-14(18)11-17-10-5-8-13(17)7-4-9-15/h12-13H,3-11,15H2,1-2H3,(H,16,18). The minimum absolute atomic E-state index is 0.176. The van der Waals surface area contributed by atoms with Gasteiger partial charge in [-0.05, 0) is 52.1 Å². The molecule has 0 aliphatic carbocycles. The van der Waals surface area contributed by atoms with E-state index in [9.17, 15) is 4.79 Å². The van der Waals surface area contributed by atoms with Crippen LogP contribution >= 0.6 is 0 Å². The molecule has 1 saturated heterocycles. The first-order valence-corrected chi connectivity index (χ1v) is 7.40. The third-order valence-electron chi connectivity index (χ3n) is 3.72. The molecular weight excluding hydrogens is 226 g/mol. The first-order chi connectivity index (χ1) is 8.67. The van der Waals surface area contributed by atoms with Crippen molar-refractivity contribution in [2.75, 3.05) is 19.6 Å². The van der Waals surface area contributed by atoms with Crippen molar-refractivity contribution in [1.29, 1.82) is 0 Å². The molecule has 18 heavy (non-hydrogen) atoms. The zero-order valence-corrected chi connectivity index (χ0v) is 12.0. The van der Waals surface area contributed by atoms with Gasteiger partial charge in [0.25, 0.3) is 0 Å². The summed E-state index contributed by atoms with van der Waals surface area (Å²) in [5.41, 5.74) is 5.55. The molecule has 0 aromatic rings. The fraction of sp³-hybridized carbons (Fsp3) is 0.929. The lowest BCUT2D eigenvalue weighted by atomic mass is 10.1. The lowest BCUT2D eigenvalue weighted by Crippen LogP contribution is -2.42. The number of likely N-dealkylation sites (tertiary alicyclic amines) is 1. The third kappa shape index (κ3) is 5.36. The maximum Gasteiger partial charge on any atom is 0.234 e. The summed E-state index contributed by atoms with van der Waals surface area (Å²) < 4.78 is 0. The van der Waals surface area contributed by atoms with E-state index >= 15 is 0 Å². The van der Waals surface area contributed by atoms with Crippen LogP contribution in [0.25, 0.3) is 0 Å². The van der Waals surface area contributed by atoms with E-state index in [4.69, 9.17) is 5.73 Å². The summed E-state index contributed by atoms with van der Waals surface area (Å²) in [5, 5.41) is 3.08. The lowest BCUT2D eigenvalue weighted by molar-refractivity contribution is -0.123. The monoisotopic (exact) mass is 255 g/mol. The van der Waals surface area contributed by atoms with Gasteiger partial charge in [-0.3, -0.25) is 9.69 Å². The molecule has 1 heterocycles. The van der Waals surface area contributed by atoms with Gasteiger partial charge in [-0.25, -0.2) is 0 Å². The summed E-state index contributed by atoms with van der Waals surface area (Å²) in [7, 11) is 0. The van der Waals surface area contributed by atoms with Crippen molar-refractivity contribution in [3.05, 3.63) is 0 Å². The van der Waals surface area contributed by atoms with Crippen LogP contribution in [0.3, 0.4) is 0 Å². The van der Waals surface area contributed by atoms with E-state index in [0.29, 0.717) is 18.6 Å². The van der Waals surface area contributed by atoms with Crippen LogP contribution in [0.1, 0.15) is 52.4 Å². The fourth-order valence-electron chi connectivity index (χ4n) is 2.79. The highest BCUT2D eigenvalue weighted by atomic mass is 16.2. The Kier molecular flexibility index (Phi) is 7.28. The number of nitrogens with zero attached hydrogens (tertiary/aromatic N) is 1. The second-order valence-electron chi connectivity index (χ2n) is 5.45. The molecule has 4 nitrogen and oxygen atoms in total. The molecule has 0 saturated carbocycles. The highest BCUT2D eigenvalue weighted by molar-refractivity contribution is 5.78. The largest absolute Gasteiger partial charge is 0.353 e. The smallest absolute Gasteiger partial charge is 0.234 e. The second kappa shape index (κ2) is 8.48. The average molecular weight is 255 g/mol. The van der Waals surface area contributed by atoms with E-state index in [0.717, 1.165) is 38.8 Å². The van der Waals surface area contributed by atoms with E-state index < -0.39 is 0 Å². The molecule has 2 atom stereocenters. The van der Waals surface area contributed by atoms with Crippen molar-refractivity contribution in [2.45, 2.75) is 64.5 Å². The maximum atomic E-state index is 11.9. The van der Waals surface area contributed by atoms with Gasteiger partial charge < -0.3 is 11.1 Å². The Morgan fingerprint density at radius 1 is 1.56 bits per heavy atom. The Balaban J connectivity index is 2.29. The molecule has 4 heteroatoms. The quantitative estimate of drug-likeness (QED) is 0.691. The summed E-state index contributed by atoms with van der Waals surface area (Å²) in [6.07, 6.45) is 6.81. The maximum absolute atomic E-state index is 11.9.